The molecule has 7 heteroatoms. The Balaban J connectivity index is 1.66. The van der Waals surface area contributed by atoms with E-state index < -0.39 is 11.2 Å². The number of fused-ring (bicyclic) bond motifs is 1. The molecule has 1 heterocycles. The van der Waals surface area contributed by atoms with Crippen LogP contribution >= 0.6 is 23.1 Å². The summed E-state index contributed by atoms with van der Waals surface area (Å²) >= 11 is 2.74. The topological polar surface area (TPSA) is 79.3 Å². The number of carboxylic acids is 1. The smallest absolute Gasteiger partial charge is 0.305 e. The van der Waals surface area contributed by atoms with Crippen LogP contribution in [-0.2, 0) is 9.59 Å². The highest BCUT2D eigenvalue weighted by atomic mass is 32.2. The summed E-state index contributed by atoms with van der Waals surface area (Å²) in [6.07, 6.45) is 12.3. The SMILES string of the molecule is CCCCCCCCCCCCNC(=O)C(CC(=O)O)Sc1nc2ccccc2s1. The van der Waals surface area contributed by atoms with Crippen LogP contribution in [0.25, 0.3) is 10.2 Å². The zero-order chi connectivity index (χ0) is 21.6. The average molecular weight is 451 g/mol. The minimum atomic E-state index is -0.970. The largest absolute Gasteiger partial charge is 0.481 e. The molecule has 2 rings (SSSR count). The Morgan fingerprint density at radius 3 is 2.30 bits per heavy atom. The number of unbranched alkanes of at least 4 members (excludes halogenated alkanes) is 9. The van der Waals surface area contributed by atoms with Crippen molar-refractivity contribution in [3.8, 4) is 0 Å². The van der Waals surface area contributed by atoms with Crippen LogP contribution < -0.4 is 5.32 Å². The average Bonchev–Trinajstić information content (AvgIpc) is 3.13. The van der Waals surface area contributed by atoms with Crippen molar-refractivity contribution in [3.63, 3.8) is 0 Å². The zero-order valence-electron chi connectivity index (χ0n) is 17.9. The molecule has 2 N–H and O–H groups in total. The van der Waals surface area contributed by atoms with E-state index in [1.807, 2.05) is 24.3 Å². The molecule has 0 aliphatic rings. The lowest BCUT2D eigenvalue weighted by Gasteiger charge is -2.13. The van der Waals surface area contributed by atoms with Crippen LogP contribution in [0.4, 0.5) is 0 Å². The van der Waals surface area contributed by atoms with Crippen LogP contribution in [0.2, 0.25) is 0 Å². The van der Waals surface area contributed by atoms with Crippen molar-refractivity contribution in [2.45, 2.75) is 87.1 Å². The number of benzene rings is 1. The van der Waals surface area contributed by atoms with Crippen LogP contribution in [0.3, 0.4) is 0 Å². The molecule has 1 unspecified atom stereocenters. The van der Waals surface area contributed by atoms with Gasteiger partial charge in [0.15, 0.2) is 4.34 Å². The maximum absolute atomic E-state index is 12.5. The lowest BCUT2D eigenvalue weighted by atomic mass is 10.1. The Kier molecular flexibility index (Phi) is 11.9. The summed E-state index contributed by atoms with van der Waals surface area (Å²) in [6, 6.07) is 7.77. The van der Waals surface area contributed by atoms with Gasteiger partial charge >= 0.3 is 5.97 Å². The highest BCUT2D eigenvalue weighted by Crippen LogP contribution is 2.33. The Hall–Kier alpha value is -1.60. The standard InChI is InChI=1S/C23H34N2O3S2/c1-2-3-4-5-6-7-8-9-10-13-16-24-22(28)20(17-21(26)27)30-23-25-18-14-11-12-15-19(18)29-23/h11-12,14-15,20H,2-10,13,16-17H2,1H3,(H,24,28)(H,26,27). The molecule has 1 aromatic heterocycles. The van der Waals surface area contributed by atoms with Gasteiger partial charge in [-0.05, 0) is 18.6 Å². The van der Waals surface area contributed by atoms with Crippen molar-refractivity contribution in [1.82, 2.24) is 10.3 Å². The van der Waals surface area contributed by atoms with Gasteiger partial charge in [0.05, 0.1) is 16.6 Å². The van der Waals surface area contributed by atoms with Gasteiger partial charge < -0.3 is 10.4 Å². The molecule has 5 nitrogen and oxygen atoms in total. The van der Waals surface area contributed by atoms with Crippen molar-refractivity contribution in [2.24, 2.45) is 0 Å². The number of hydrogen-bond acceptors (Lipinski definition) is 5. The molecule has 0 bridgehead atoms. The van der Waals surface area contributed by atoms with E-state index in [1.54, 1.807) is 0 Å². The maximum atomic E-state index is 12.5. The van der Waals surface area contributed by atoms with Crippen LogP contribution in [0.15, 0.2) is 28.6 Å². The number of carboxylic acid groups (broad SMARTS) is 1. The first kappa shape index (κ1) is 24.7. The molecule has 0 aliphatic heterocycles. The third kappa shape index (κ3) is 9.47. The molecule has 0 saturated heterocycles. The van der Waals surface area contributed by atoms with Gasteiger partial charge in [0.1, 0.15) is 5.25 Å². The van der Waals surface area contributed by atoms with Gasteiger partial charge in [0.25, 0.3) is 0 Å². The summed E-state index contributed by atoms with van der Waals surface area (Å²) in [4.78, 5) is 28.3. The minimum absolute atomic E-state index is 0.204. The molecule has 1 aromatic carbocycles. The summed E-state index contributed by atoms with van der Waals surface area (Å²) in [5, 5.41) is 11.5. The Labute approximate surface area is 188 Å². The lowest BCUT2D eigenvalue weighted by Crippen LogP contribution is -2.34. The van der Waals surface area contributed by atoms with Gasteiger partial charge in [-0.1, -0.05) is 88.6 Å². The van der Waals surface area contributed by atoms with E-state index in [-0.39, 0.29) is 12.3 Å². The molecule has 166 valence electrons. The summed E-state index contributed by atoms with van der Waals surface area (Å²) in [5.41, 5.74) is 0.879. The zero-order valence-corrected chi connectivity index (χ0v) is 19.5. The number of rotatable bonds is 16. The number of carbonyl (C=O) groups excluding carboxylic acids is 1. The number of thioether (sulfide) groups is 1. The molecule has 0 fully saturated rings. The van der Waals surface area contributed by atoms with E-state index in [1.165, 1.54) is 74.5 Å². The fraction of sp³-hybridized carbons (Fsp3) is 0.609. The number of aliphatic carboxylic acids is 1. The van der Waals surface area contributed by atoms with E-state index in [2.05, 4.69) is 17.2 Å². The Morgan fingerprint density at radius 1 is 1.03 bits per heavy atom. The second-order valence-electron chi connectivity index (χ2n) is 7.62. The number of thiazole rings is 1. The fourth-order valence-electron chi connectivity index (χ4n) is 3.31. The number of para-hydroxylation sites is 1. The number of hydrogen-bond donors (Lipinski definition) is 2. The van der Waals surface area contributed by atoms with Gasteiger partial charge in [-0.2, -0.15) is 0 Å². The van der Waals surface area contributed by atoms with Crippen LogP contribution in [-0.4, -0.2) is 33.8 Å². The van der Waals surface area contributed by atoms with Crippen molar-refractivity contribution >= 4 is 45.2 Å². The van der Waals surface area contributed by atoms with E-state index in [9.17, 15) is 14.7 Å². The lowest BCUT2D eigenvalue weighted by molar-refractivity contribution is -0.138. The van der Waals surface area contributed by atoms with Crippen LogP contribution in [0, 0.1) is 0 Å². The normalized spacial score (nSPS) is 12.2. The highest BCUT2D eigenvalue weighted by Gasteiger charge is 2.24. The second-order valence-corrected chi connectivity index (χ2v) is 10.1. The molecule has 0 aliphatic carbocycles. The van der Waals surface area contributed by atoms with E-state index in [0.29, 0.717) is 6.54 Å². The predicted molar refractivity (Wildman–Crippen MR) is 126 cm³/mol. The van der Waals surface area contributed by atoms with Gasteiger partial charge in [-0.25, -0.2) is 4.98 Å². The second kappa shape index (κ2) is 14.4. The van der Waals surface area contributed by atoms with Gasteiger partial charge in [0.2, 0.25) is 5.91 Å². The van der Waals surface area contributed by atoms with Crippen molar-refractivity contribution in [1.29, 1.82) is 0 Å². The molecular formula is C23H34N2O3S2. The number of amides is 1. The first-order valence-electron chi connectivity index (χ1n) is 11.1. The molecule has 0 saturated carbocycles. The summed E-state index contributed by atoms with van der Waals surface area (Å²) in [6.45, 7) is 2.84. The highest BCUT2D eigenvalue weighted by molar-refractivity contribution is 8.02. The number of nitrogens with one attached hydrogen (secondary N) is 1. The molecule has 1 amide bonds. The van der Waals surface area contributed by atoms with Gasteiger partial charge in [-0.15, -0.1) is 11.3 Å². The van der Waals surface area contributed by atoms with Gasteiger partial charge in [0, 0.05) is 6.54 Å². The summed E-state index contributed by atoms with van der Waals surface area (Å²) in [5.74, 6) is -1.18. The van der Waals surface area contributed by atoms with E-state index in [4.69, 9.17) is 0 Å². The van der Waals surface area contributed by atoms with Crippen molar-refractivity contribution in [2.75, 3.05) is 6.54 Å². The number of carbonyl (C=O) groups is 2. The molecule has 0 radical (unpaired) electrons. The molecule has 0 spiro atoms. The van der Waals surface area contributed by atoms with Crippen LogP contribution in [0.5, 0.6) is 0 Å². The number of aromatic nitrogens is 1. The third-order valence-corrected chi connectivity index (χ3v) is 7.33. The fourth-order valence-corrected chi connectivity index (χ4v) is 5.63. The maximum Gasteiger partial charge on any atom is 0.305 e. The first-order valence-corrected chi connectivity index (χ1v) is 12.8. The minimum Gasteiger partial charge on any atom is -0.481 e. The summed E-state index contributed by atoms with van der Waals surface area (Å²) in [7, 11) is 0. The van der Waals surface area contributed by atoms with Crippen LogP contribution in [0.1, 0.15) is 77.6 Å². The van der Waals surface area contributed by atoms with Gasteiger partial charge in [-0.3, -0.25) is 9.59 Å². The first-order chi connectivity index (χ1) is 14.6. The van der Waals surface area contributed by atoms with E-state index in [0.717, 1.165) is 27.4 Å². The Bertz CT molecular complexity index is 746. The monoisotopic (exact) mass is 450 g/mol. The Morgan fingerprint density at radius 2 is 1.67 bits per heavy atom. The van der Waals surface area contributed by atoms with Crippen molar-refractivity contribution < 1.29 is 14.7 Å². The summed E-state index contributed by atoms with van der Waals surface area (Å²) < 4.78 is 1.77. The predicted octanol–water partition coefficient (Wildman–Crippen LogP) is 6.27. The molecular weight excluding hydrogens is 416 g/mol. The molecule has 1 atom stereocenters. The third-order valence-electron chi connectivity index (χ3n) is 5.00. The number of nitrogens with zero attached hydrogens (tertiary/aromatic N) is 1. The van der Waals surface area contributed by atoms with E-state index >= 15 is 0 Å². The molecule has 30 heavy (non-hydrogen) atoms. The quantitative estimate of drug-likeness (QED) is 0.233. The van der Waals surface area contributed by atoms with Crippen molar-refractivity contribution in [3.05, 3.63) is 24.3 Å². The molecule has 2 aromatic rings.